The standard InChI is InChI=1S/C51H60ClN7O6S/c1-50(2)15-19-56(20-16-50)18-13-34-25-38-28-42(30-46(59(61)62)44(38)26-34)66(63,64)55-49(60)43-10-9-40(29-47(43)65-41-27-36-12-17-53-48(36)54-32-41)58-23-21-57(22-24-58)33-37-11-14-51(3,4)31-45(37)35-5-7-39(52)8-6-35/h5-10,12,17,27-30,32,34H,11,13-16,18-26,31,33H2,1-4H3,(H,53,54)(H,55,60)/t34-/m0/s1. The van der Waals surface area contributed by atoms with Crippen molar-refractivity contribution in [3.05, 3.63) is 122 Å². The third-order valence-corrected chi connectivity index (χ3v) is 16.0. The van der Waals surface area contributed by atoms with Gasteiger partial charge in [-0.1, -0.05) is 57.0 Å². The second kappa shape index (κ2) is 18.4. The SMILES string of the molecule is CC1(C)CCN(CC[C@H]2Cc3cc(S(=O)(=O)NC(=O)c4ccc(N5CCN(CC6=C(c7ccc(Cl)cc7)CC(C)(C)CC6)CC5)cc4Oc4cnc5[nH]ccc5c4)cc([N+](=O)[O-])c3C2)CC1. The predicted molar refractivity (Wildman–Crippen MR) is 260 cm³/mol. The van der Waals surface area contributed by atoms with E-state index in [1.165, 1.54) is 22.8 Å². The molecule has 9 rings (SSSR count). The van der Waals surface area contributed by atoms with Gasteiger partial charge in [0.25, 0.3) is 21.6 Å². The van der Waals surface area contributed by atoms with Crippen molar-refractivity contribution in [3.63, 3.8) is 0 Å². The first-order valence-electron chi connectivity index (χ1n) is 23.3. The van der Waals surface area contributed by atoms with Crippen molar-refractivity contribution in [2.75, 3.05) is 57.3 Å². The number of carbonyl (C=O) groups excluding carboxylic acids is 1. The number of amides is 1. The molecule has 4 heterocycles. The van der Waals surface area contributed by atoms with E-state index >= 15 is 0 Å². The average Bonchev–Trinajstić information content (AvgIpc) is 3.93. The van der Waals surface area contributed by atoms with Crippen LogP contribution in [0.3, 0.4) is 0 Å². The number of benzene rings is 3. The topological polar surface area (TPSA) is 154 Å². The smallest absolute Gasteiger partial charge is 0.274 e. The fourth-order valence-corrected chi connectivity index (χ4v) is 11.4. The lowest BCUT2D eigenvalue weighted by atomic mass is 9.72. The molecule has 0 radical (unpaired) electrons. The number of nitrogens with one attached hydrogen (secondary N) is 2. The summed E-state index contributed by atoms with van der Waals surface area (Å²) in [6, 6.07) is 19.6. The minimum absolute atomic E-state index is 0.00570. The number of pyridine rings is 1. The Bertz CT molecular complexity index is 2790. The van der Waals surface area contributed by atoms with Crippen LogP contribution < -0.4 is 14.4 Å². The van der Waals surface area contributed by atoms with E-state index in [9.17, 15) is 23.3 Å². The summed E-state index contributed by atoms with van der Waals surface area (Å²) < 4.78 is 36.7. The van der Waals surface area contributed by atoms with Crippen LogP contribution in [0.1, 0.15) is 93.3 Å². The van der Waals surface area contributed by atoms with E-state index < -0.39 is 20.9 Å². The normalized spacial score (nSPS) is 20.1. The molecule has 13 nitrogen and oxygen atoms in total. The van der Waals surface area contributed by atoms with Gasteiger partial charge >= 0.3 is 0 Å². The molecule has 2 saturated heterocycles. The van der Waals surface area contributed by atoms with Gasteiger partial charge in [-0.15, -0.1) is 0 Å². The maximum absolute atomic E-state index is 14.1. The molecule has 0 bridgehead atoms. The Morgan fingerprint density at radius 1 is 0.924 bits per heavy atom. The summed E-state index contributed by atoms with van der Waals surface area (Å²) in [5.74, 6) is -0.225. The number of nitrogens with zero attached hydrogens (tertiary/aromatic N) is 5. The molecule has 4 aliphatic rings. The van der Waals surface area contributed by atoms with Gasteiger partial charge in [-0.2, -0.15) is 0 Å². The number of carbonyl (C=O) groups is 1. The number of hydrogen-bond donors (Lipinski definition) is 2. The lowest BCUT2D eigenvalue weighted by Crippen LogP contribution is -2.47. The summed E-state index contributed by atoms with van der Waals surface area (Å²) in [5, 5.41) is 13.9. The van der Waals surface area contributed by atoms with E-state index in [2.05, 4.69) is 69.2 Å². The van der Waals surface area contributed by atoms with E-state index in [0.717, 1.165) is 113 Å². The van der Waals surface area contributed by atoms with Crippen LogP contribution in [0.25, 0.3) is 16.6 Å². The fraction of sp³-hybridized carbons (Fsp3) is 0.451. The number of allylic oxidation sites excluding steroid dienone is 1. The summed E-state index contributed by atoms with van der Waals surface area (Å²) in [5.41, 5.74) is 7.19. The molecule has 3 aromatic carbocycles. The van der Waals surface area contributed by atoms with Crippen LogP contribution >= 0.6 is 11.6 Å². The molecular formula is C51H60ClN7O6S. The first-order valence-corrected chi connectivity index (χ1v) is 25.1. The number of anilines is 1. The minimum Gasteiger partial charge on any atom is -0.455 e. The number of piperazine rings is 1. The molecule has 5 aromatic rings. The largest absolute Gasteiger partial charge is 0.455 e. The number of likely N-dealkylation sites (tertiary alicyclic amines) is 1. The number of halogens is 1. The molecule has 348 valence electrons. The lowest BCUT2D eigenvalue weighted by Gasteiger charge is -2.39. The van der Waals surface area contributed by atoms with Crippen LogP contribution in [0.2, 0.25) is 5.02 Å². The zero-order valence-electron chi connectivity index (χ0n) is 38.4. The fourth-order valence-electron chi connectivity index (χ4n) is 10.3. The highest BCUT2D eigenvalue weighted by atomic mass is 35.5. The van der Waals surface area contributed by atoms with Gasteiger partial charge in [-0.3, -0.25) is 19.8 Å². The third kappa shape index (κ3) is 10.3. The number of sulfonamides is 1. The third-order valence-electron chi connectivity index (χ3n) is 14.4. The number of aromatic nitrogens is 2. The van der Waals surface area contributed by atoms with Crippen molar-refractivity contribution in [2.45, 2.75) is 84.0 Å². The summed E-state index contributed by atoms with van der Waals surface area (Å²) in [6.07, 6.45) is 10.7. The highest BCUT2D eigenvalue weighted by Crippen LogP contribution is 2.44. The van der Waals surface area contributed by atoms with Crippen LogP contribution in [0.5, 0.6) is 11.5 Å². The Labute approximate surface area is 392 Å². The van der Waals surface area contributed by atoms with Gasteiger partial charge < -0.3 is 19.5 Å². The van der Waals surface area contributed by atoms with Crippen LogP contribution in [0.15, 0.2) is 89.6 Å². The van der Waals surface area contributed by atoms with Crippen molar-refractivity contribution < 1.29 is 22.9 Å². The Morgan fingerprint density at radius 2 is 1.68 bits per heavy atom. The monoisotopic (exact) mass is 933 g/mol. The molecule has 1 atom stereocenters. The molecule has 2 aliphatic carbocycles. The molecule has 0 saturated carbocycles. The zero-order chi connectivity index (χ0) is 46.4. The van der Waals surface area contributed by atoms with Crippen LogP contribution in [0, 0.1) is 26.9 Å². The van der Waals surface area contributed by atoms with Gasteiger partial charge in [0.05, 0.1) is 21.6 Å². The molecule has 15 heteroatoms. The van der Waals surface area contributed by atoms with Crippen molar-refractivity contribution in [2.24, 2.45) is 16.7 Å². The van der Waals surface area contributed by atoms with Gasteiger partial charge in [0.1, 0.15) is 17.1 Å². The Morgan fingerprint density at radius 3 is 2.42 bits per heavy atom. The van der Waals surface area contributed by atoms with Crippen LogP contribution in [-0.2, 0) is 22.9 Å². The maximum Gasteiger partial charge on any atom is 0.274 e. The van der Waals surface area contributed by atoms with Gasteiger partial charge in [0, 0.05) is 72.7 Å². The van der Waals surface area contributed by atoms with E-state index in [4.69, 9.17) is 16.3 Å². The van der Waals surface area contributed by atoms with Gasteiger partial charge in [0.15, 0.2) is 0 Å². The zero-order valence-corrected chi connectivity index (χ0v) is 39.9. The second-order valence-electron chi connectivity index (χ2n) is 20.4. The number of fused-ring (bicyclic) bond motifs is 2. The number of piperidine rings is 1. The number of nitro benzene ring substituents is 1. The summed E-state index contributed by atoms with van der Waals surface area (Å²) in [4.78, 5) is 40.4. The molecule has 2 fully saturated rings. The molecule has 0 spiro atoms. The summed E-state index contributed by atoms with van der Waals surface area (Å²) in [6.45, 7) is 16.3. The van der Waals surface area contributed by atoms with E-state index in [1.807, 2.05) is 24.3 Å². The van der Waals surface area contributed by atoms with Crippen molar-refractivity contribution >= 4 is 55.5 Å². The first-order chi connectivity index (χ1) is 31.5. The lowest BCUT2D eigenvalue weighted by molar-refractivity contribution is -0.385. The highest BCUT2D eigenvalue weighted by molar-refractivity contribution is 7.90. The highest BCUT2D eigenvalue weighted by Gasteiger charge is 2.35. The molecule has 2 aromatic heterocycles. The predicted octanol–water partition coefficient (Wildman–Crippen LogP) is 10.0. The van der Waals surface area contributed by atoms with Crippen LogP contribution in [-0.4, -0.2) is 91.4 Å². The van der Waals surface area contributed by atoms with Crippen molar-refractivity contribution in [3.8, 4) is 11.5 Å². The van der Waals surface area contributed by atoms with Gasteiger partial charge in [-0.25, -0.2) is 18.1 Å². The summed E-state index contributed by atoms with van der Waals surface area (Å²) in [7, 11) is -4.54. The molecule has 66 heavy (non-hydrogen) atoms. The second-order valence-corrected chi connectivity index (χ2v) is 22.5. The van der Waals surface area contributed by atoms with Gasteiger partial charge in [-0.05, 0) is 147 Å². The minimum atomic E-state index is -4.54. The number of H-pyrrole nitrogens is 1. The van der Waals surface area contributed by atoms with E-state index in [1.54, 1.807) is 30.6 Å². The molecule has 0 unspecified atom stereocenters. The number of rotatable bonds is 13. The van der Waals surface area contributed by atoms with Crippen LogP contribution in [0.4, 0.5) is 11.4 Å². The molecule has 2 N–H and O–H groups in total. The average molecular weight is 935 g/mol. The quantitative estimate of drug-likeness (QED) is 0.0862. The Kier molecular flexibility index (Phi) is 12.8. The van der Waals surface area contributed by atoms with Crippen molar-refractivity contribution in [1.29, 1.82) is 0 Å². The number of ether oxygens (including phenoxy) is 1. The van der Waals surface area contributed by atoms with Crippen molar-refractivity contribution in [1.82, 2.24) is 24.5 Å². The summed E-state index contributed by atoms with van der Waals surface area (Å²) >= 11 is 6.26. The molecular weight excluding hydrogens is 874 g/mol. The molecule has 1 amide bonds. The number of hydrogen-bond acceptors (Lipinski definition) is 10. The maximum atomic E-state index is 14.1. The Hall–Kier alpha value is -5.28. The number of nitro groups is 1. The first kappa shape index (κ1) is 45.9. The van der Waals surface area contributed by atoms with Gasteiger partial charge in [0.2, 0.25) is 0 Å². The van der Waals surface area contributed by atoms with E-state index in [-0.39, 0.29) is 33.2 Å². The Balaban J connectivity index is 0.920. The number of aromatic amines is 1. The van der Waals surface area contributed by atoms with E-state index in [0.29, 0.717) is 40.8 Å². The molecule has 2 aliphatic heterocycles.